The van der Waals surface area contributed by atoms with Crippen molar-refractivity contribution >= 4 is 11.6 Å². The largest absolute Gasteiger partial charge is 0.507 e. The fourth-order valence-corrected chi connectivity index (χ4v) is 3.52. The number of aromatic hydroxyl groups is 1. The maximum absolute atomic E-state index is 13.1. The van der Waals surface area contributed by atoms with Crippen LogP contribution >= 0.6 is 0 Å². The molecule has 3 aromatic carbocycles. The highest BCUT2D eigenvalue weighted by Gasteiger charge is 2.35. The van der Waals surface area contributed by atoms with Crippen molar-refractivity contribution in [1.82, 2.24) is 0 Å². The lowest BCUT2D eigenvalue weighted by atomic mass is 9.81. The molecule has 4 heteroatoms. The van der Waals surface area contributed by atoms with Crippen molar-refractivity contribution in [2.24, 2.45) is 0 Å². The Morgan fingerprint density at radius 1 is 0.852 bits per heavy atom. The average molecular weight is 358 g/mol. The third kappa shape index (κ3) is 2.70. The van der Waals surface area contributed by atoms with E-state index in [4.69, 9.17) is 4.74 Å². The van der Waals surface area contributed by atoms with Crippen molar-refractivity contribution in [3.63, 3.8) is 0 Å². The van der Waals surface area contributed by atoms with E-state index in [0.717, 1.165) is 11.1 Å². The second-order valence-electron chi connectivity index (χ2n) is 6.70. The van der Waals surface area contributed by atoms with Gasteiger partial charge in [-0.2, -0.15) is 0 Å². The summed E-state index contributed by atoms with van der Waals surface area (Å²) >= 11 is 0. The molecule has 3 aromatic rings. The van der Waals surface area contributed by atoms with Gasteiger partial charge < -0.3 is 9.84 Å². The molecule has 1 aliphatic carbocycles. The van der Waals surface area contributed by atoms with Gasteiger partial charge in [0.25, 0.3) is 0 Å². The SMILES string of the molecule is COc1cccc2c1C(=O)c1c(ccc(Cc3ccc(C)cc3)c1O)C2=O. The van der Waals surface area contributed by atoms with Crippen LogP contribution in [-0.2, 0) is 6.42 Å². The molecule has 4 rings (SSSR count). The van der Waals surface area contributed by atoms with Gasteiger partial charge in [-0.1, -0.05) is 48.0 Å². The molecular formula is C23H18O4. The van der Waals surface area contributed by atoms with Gasteiger partial charge in [0.05, 0.1) is 18.2 Å². The van der Waals surface area contributed by atoms with Crippen LogP contribution in [0, 0.1) is 6.92 Å². The number of ketones is 2. The fourth-order valence-electron chi connectivity index (χ4n) is 3.52. The van der Waals surface area contributed by atoms with Crippen LogP contribution in [0.4, 0.5) is 0 Å². The minimum absolute atomic E-state index is 0.0570. The summed E-state index contributed by atoms with van der Waals surface area (Å²) in [6, 6.07) is 16.2. The summed E-state index contributed by atoms with van der Waals surface area (Å²) in [5.41, 5.74) is 3.57. The van der Waals surface area contributed by atoms with Gasteiger partial charge in [-0.15, -0.1) is 0 Å². The molecule has 0 radical (unpaired) electrons. The van der Waals surface area contributed by atoms with E-state index < -0.39 is 0 Å². The van der Waals surface area contributed by atoms with Crippen molar-refractivity contribution in [3.8, 4) is 11.5 Å². The maximum atomic E-state index is 13.1. The van der Waals surface area contributed by atoms with Crippen LogP contribution in [0.1, 0.15) is 48.5 Å². The average Bonchev–Trinajstić information content (AvgIpc) is 2.68. The number of hydrogen-bond donors (Lipinski definition) is 1. The van der Waals surface area contributed by atoms with Gasteiger partial charge in [0.15, 0.2) is 5.78 Å². The number of phenolic OH excluding ortho intramolecular Hbond substituents is 1. The van der Waals surface area contributed by atoms with Gasteiger partial charge in [0.1, 0.15) is 11.5 Å². The Hall–Kier alpha value is -3.40. The van der Waals surface area contributed by atoms with Crippen molar-refractivity contribution < 1.29 is 19.4 Å². The Kier molecular flexibility index (Phi) is 4.04. The normalized spacial score (nSPS) is 12.5. The molecule has 0 aliphatic heterocycles. The molecule has 0 unspecified atom stereocenters. The highest BCUT2D eigenvalue weighted by molar-refractivity contribution is 6.30. The van der Waals surface area contributed by atoms with Crippen molar-refractivity contribution in [2.45, 2.75) is 13.3 Å². The Morgan fingerprint density at radius 3 is 2.26 bits per heavy atom. The zero-order valence-electron chi connectivity index (χ0n) is 15.1. The lowest BCUT2D eigenvalue weighted by Gasteiger charge is -2.21. The first-order valence-corrected chi connectivity index (χ1v) is 8.68. The number of carbonyl (C=O) groups excluding carboxylic acids is 2. The van der Waals surface area contributed by atoms with Crippen LogP contribution in [0.25, 0.3) is 0 Å². The zero-order valence-corrected chi connectivity index (χ0v) is 15.1. The number of carbonyl (C=O) groups is 2. The lowest BCUT2D eigenvalue weighted by molar-refractivity contribution is 0.0974. The van der Waals surface area contributed by atoms with Crippen LogP contribution in [0.5, 0.6) is 11.5 Å². The van der Waals surface area contributed by atoms with Gasteiger partial charge in [-0.05, 0) is 30.2 Å². The molecule has 0 aromatic heterocycles. The maximum Gasteiger partial charge on any atom is 0.201 e. The van der Waals surface area contributed by atoms with Crippen LogP contribution in [0.2, 0.25) is 0 Å². The Balaban J connectivity index is 1.83. The van der Waals surface area contributed by atoms with Crippen LogP contribution in [0.3, 0.4) is 0 Å². The first kappa shape index (κ1) is 17.0. The molecular weight excluding hydrogens is 340 g/mol. The number of rotatable bonds is 3. The monoisotopic (exact) mass is 358 g/mol. The fraction of sp³-hybridized carbons (Fsp3) is 0.130. The van der Waals surface area contributed by atoms with E-state index in [9.17, 15) is 14.7 Å². The van der Waals surface area contributed by atoms with Gasteiger partial charge >= 0.3 is 0 Å². The first-order valence-electron chi connectivity index (χ1n) is 8.68. The number of benzene rings is 3. The van der Waals surface area contributed by atoms with E-state index in [1.807, 2.05) is 31.2 Å². The quantitative estimate of drug-likeness (QED) is 0.599. The van der Waals surface area contributed by atoms with E-state index in [1.165, 1.54) is 7.11 Å². The molecule has 0 fully saturated rings. The number of fused-ring (bicyclic) bond motifs is 2. The summed E-state index contributed by atoms with van der Waals surface area (Å²) < 4.78 is 5.27. The van der Waals surface area contributed by atoms with Gasteiger partial charge in [-0.3, -0.25) is 9.59 Å². The number of phenols is 1. The summed E-state index contributed by atoms with van der Waals surface area (Å²) in [5, 5.41) is 10.8. The van der Waals surface area contributed by atoms with Crippen molar-refractivity contribution in [2.75, 3.05) is 7.11 Å². The van der Waals surface area contributed by atoms with Gasteiger partial charge in [0, 0.05) is 17.5 Å². The van der Waals surface area contributed by atoms with E-state index in [2.05, 4.69) is 0 Å². The summed E-state index contributed by atoms with van der Waals surface area (Å²) in [4.78, 5) is 26.0. The minimum Gasteiger partial charge on any atom is -0.507 e. The van der Waals surface area contributed by atoms with Crippen molar-refractivity contribution in [1.29, 1.82) is 0 Å². The third-order valence-electron chi connectivity index (χ3n) is 4.97. The second-order valence-corrected chi connectivity index (χ2v) is 6.70. The Morgan fingerprint density at radius 2 is 1.56 bits per heavy atom. The van der Waals surface area contributed by atoms with E-state index in [0.29, 0.717) is 23.3 Å². The molecule has 0 bridgehead atoms. The molecule has 4 nitrogen and oxygen atoms in total. The molecule has 1 N–H and O–H groups in total. The molecule has 27 heavy (non-hydrogen) atoms. The molecule has 0 spiro atoms. The number of ether oxygens (including phenoxy) is 1. The summed E-state index contributed by atoms with van der Waals surface area (Å²) in [6.07, 6.45) is 0.472. The van der Waals surface area contributed by atoms with Crippen molar-refractivity contribution in [3.05, 3.63) is 93.5 Å². The Bertz CT molecular complexity index is 1080. The van der Waals surface area contributed by atoms with E-state index in [-0.39, 0.29) is 34.0 Å². The summed E-state index contributed by atoms with van der Waals surface area (Å²) in [7, 11) is 1.45. The first-order chi connectivity index (χ1) is 13.0. The van der Waals surface area contributed by atoms with Crippen LogP contribution < -0.4 is 4.74 Å². The number of aryl methyl sites for hydroxylation is 1. The lowest BCUT2D eigenvalue weighted by Crippen LogP contribution is -2.22. The number of hydrogen-bond acceptors (Lipinski definition) is 4. The molecule has 1 aliphatic rings. The molecule has 0 amide bonds. The second kappa shape index (κ2) is 6.40. The molecule has 134 valence electrons. The third-order valence-corrected chi connectivity index (χ3v) is 4.97. The van der Waals surface area contributed by atoms with Gasteiger partial charge in [-0.25, -0.2) is 0 Å². The number of methoxy groups -OCH3 is 1. The minimum atomic E-state index is -0.389. The standard InChI is InChI=1S/C23H18O4/c1-13-6-8-14(9-7-13)12-15-10-11-17-20(21(15)24)23(26)19-16(22(17)25)4-3-5-18(19)27-2/h3-11,24H,12H2,1-2H3. The van der Waals surface area contributed by atoms with Crippen LogP contribution in [-0.4, -0.2) is 23.8 Å². The van der Waals surface area contributed by atoms with Crippen LogP contribution in [0.15, 0.2) is 54.6 Å². The molecule has 0 saturated carbocycles. The van der Waals surface area contributed by atoms with E-state index in [1.54, 1.807) is 30.3 Å². The Labute approximate surface area is 157 Å². The highest BCUT2D eigenvalue weighted by atomic mass is 16.5. The van der Waals surface area contributed by atoms with E-state index >= 15 is 0 Å². The topological polar surface area (TPSA) is 63.6 Å². The molecule has 0 atom stereocenters. The summed E-state index contributed by atoms with van der Waals surface area (Å²) in [5.74, 6) is -0.473. The molecule has 0 saturated heterocycles. The predicted molar refractivity (Wildman–Crippen MR) is 102 cm³/mol. The molecule has 0 heterocycles. The highest BCUT2D eigenvalue weighted by Crippen LogP contribution is 2.38. The predicted octanol–water partition coefficient (Wildman–Crippen LogP) is 4.08. The summed E-state index contributed by atoms with van der Waals surface area (Å²) in [6.45, 7) is 2.01. The smallest absolute Gasteiger partial charge is 0.201 e. The van der Waals surface area contributed by atoms with Gasteiger partial charge in [0.2, 0.25) is 5.78 Å². The zero-order chi connectivity index (χ0) is 19.1.